The quantitative estimate of drug-likeness (QED) is 0.631. The van der Waals surface area contributed by atoms with Crippen molar-refractivity contribution in [1.29, 1.82) is 0 Å². The van der Waals surface area contributed by atoms with Crippen molar-refractivity contribution in [1.82, 2.24) is 14.8 Å². The fraction of sp³-hybridized carbons (Fsp3) is 0.304. The van der Waals surface area contributed by atoms with Crippen LogP contribution in [0.3, 0.4) is 0 Å². The van der Waals surface area contributed by atoms with Crippen LogP contribution >= 0.6 is 0 Å². The second kappa shape index (κ2) is 10.2. The summed E-state index contributed by atoms with van der Waals surface area (Å²) in [4.78, 5) is 27.9. The van der Waals surface area contributed by atoms with Gasteiger partial charge < -0.3 is 5.73 Å². The van der Waals surface area contributed by atoms with Gasteiger partial charge in [-0.05, 0) is 30.3 Å². The number of carbonyl (C=O) groups is 1. The molecule has 1 aromatic carbocycles. The Morgan fingerprint density at radius 3 is 2.03 bits per heavy atom. The van der Waals surface area contributed by atoms with Gasteiger partial charge >= 0.3 is 6.18 Å². The summed E-state index contributed by atoms with van der Waals surface area (Å²) in [5, 5.41) is 4.12. The molecular formula is C23H23F3N4O2. The molecule has 1 fully saturated rings. The molecule has 0 spiro atoms. The number of carbonyl (C=O) groups excluding carboxylic acids is 1. The van der Waals surface area contributed by atoms with Crippen LogP contribution in [-0.2, 0) is 6.18 Å². The first kappa shape index (κ1) is 23.2. The summed E-state index contributed by atoms with van der Waals surface area (Å²) in [5.41, 5.74) is 4.04. The maximum Gasteiger partial charge on any atom is 0.416 e. The molecule has 6 nitrogen and oxygen atoms in total. The molecule has 9 heteroatoms. The van der Waals surface area contributed by atoms with Gasteiger partial charge in [0.25, 0.3) is 11.5 Å². The number of hydrogen-bond acceptors (Lipinski definition) is 4. The highest BCUT2D eigenvalue weighted by molar-refractivity contribution is 5.93. The van der Waals surface area contributed by atoms with E-state index < -0.39 is 23.2 Å². The van der Waals surface area contributed by atoms with Crippen molar-refractivity contribution in [2.24, 2.45) is 5.73 Å². The van der Waals surface area contributed by atoms with Gasteiger partial charge in [-0.15, -0.1) is 0 Å². The van der Waals surface area contributed by atoms with Gasteiger partial charge in [-0.25, -0.2) is 0 Å². The molecule has 2 heterocycles. The van der Waals surface area contributed by atoms with Crippen LogP contribution in [0.15, 0.2) is 59.7 Å². The van der Waals surface area contributed by atoms with Crippen LogP contribution in [0.4, 0.5) is 13.2 Å². The average molecular weight is 444 g/mol. The monoisotopic (exact) mass is 444 g/mol. The molecule has 1 amide bonds. The molecule has 0 aliphatic heterocycles. The van der Waals surface area contributed by atoms with Gasteiger partial charge in [0, 0.05) is 11.8 Å². The smallest absolute Gasteiger partial charge is 0.365 e. The van der Waals surface area contributed by atoms with Gasteiger partial charge in [0.2, 0.25) is 0 Å². The third kappa shape index (κ3) is 5.81. The van der Waals surface area contributed by atoms with E-state index in [-0.39, 0.29) is 22.5 Å². The summed E-state index contributed by atoms with van der Waals surface area (Å²) < 4.78 is 39.0. The molecule has 1 saturated carbocycles. The molecular weight excluding hydrogens is 421 g/mol. The normalized spacial score (nSPS) is 13.7. The Morgan fingerprint density at radius 2 is 1.56 bits per heavy atom. The number of pyridine rings is 1. The second-order valence-corrected chi connectivity index (χ2v) is 7.43. The number of halogens is 3. The van der Waals surface area contributed by atoms with Crippen LogP contribution < -0.4 is 11.3 Å². The van der Waals surface area contributed by atoms with Crippen molar-refractivity contribution in [3.8, 4) is 16.9 Å². The highest BCUT2D eigenvalue weighted by Crippen LogP contribution is 2.30. The summed E-state index contributed by atoms with van der Waals surface area (Å²) in [6, 6.07) is 8.45. The molecule has 0 unspecified atom stereocenters. The molecule has 4 rings (SSSR count). The van der Waals surface area contributed by atoms with Gasteiger partial charge in [-0.3, -0.25) is 14.6 Å². The molecule has 3 aromatic rings. The van der Waals surface area contributed by atoms with E-state index in [1.165, 1.54) is 63.1 Å². The number of hydrogen-bond donors (Lipinski definition) is 1. The SMILES string of the molecule is C1CCCCC1.NC(=O)c1cc(-c2ccc(C(F)(F)F)cc2)nn(-c2cccnc2)c1=O. The van der Waals surface area contributed by atoms with Crippen molar-refractivity contribution in [2.75, 3.05) is 0 Å². The lowest BCUT2D eigenvalue weighted by Gasteiger charge is -2.10. The number of rotatable bonds is 3. The Bertz CT molecular complexity index is 1100. The van der Waals surface area contributed by atoms with E-state index >= 15 is 0 Å². The summed E-state index contributed by atoms with van der Waals surface area (Å²) in [6.45, 7) is 0. The Morgan fingerprint density at radius 1 is 0.969 bits per heavy atom. The van der Waals surface area contributed by atoms with Crippen LogP contribution in [0.25, 0.3) is 16.9 Å². The second-order valence-electron chi connectivity index (χ2n) is 7.43. The third-order valence-electron chi connectivity index (χ3n) is 5.08. The van der Waals surface area contributed by atoms with Gasteiger partial charge in [0.05, 0.1) is 23.1 Å². The average Bonchev–Trinajstić information content (AvgIpc) is 2.81. The molecule has 2 aromatic heterocycles. The summed E-state index contributed by atoms with van der Waals surface area (Å²) in [6.07, 6.45) is 7.37. The van der Waals surface area contributed by atoms with E-state index in [0.29, 0.717) is 0 Å². The zero-order valence-corrected chi connectivity index (χ0v) is 17.3. The highest BCUT2D eigenvalue weighted by atomic mass is 19.4. The molecule has 0 bridgehead atoms. The van der Waals surface area contributed by atoms with Crippen molar-refractivity contribution in [3.05, 3.63) is 76.3 Å². The van der Waals surface area contributed by atoms with Gasteiger partial charge in [-0.1, -0.05) is 50.7 Å². The van der Waals surface area contributed by atoms with E-state index in [9.17, 15) is 22.8 Å². The van der Waals surface area contributed by atoms with Crippen LogP contribution in [-0.4, -0.2) is 20.7 Å². The van der Waals surface area contributed by atoms with Crippen molar-refractivity contribution < 1.29 is 18.0 Å². The lowest BCUT2D eigenvalue weighted by Crippen LogP contribution is -2.30. The lowest BCUT2D eigenvalue weighted by molar-refractivity contribution is -0.137. The largest absolute Gasteiger partial charge is 0.416 e. The maximum atomic E-state index is 12.7. The zero-order valence-electron chi connectivity index (χ0n) is 17.3. The fourth-order valence-corrected chi connectivity index (χ4v) is 3.36. The van der Waals surface area contributed by atoms with Crippen molar-refractivity contribution >= 4 is 5.91 Å². The van der Waals surface area contributed by atoms with Gasteiger partial charge in [-0.2, -0.15) is 23.0 Å². The summed E-state index contributed by atoms with van der Waals surface area (Å²) in [5.74, 6) is -0.969. The van der Waals surface area contributed by atoms with E-state index in [1.807, 2.05) is 0 Å². The number of nitrogens with zero attached hydrogens (tertiary/aromatic N) is 3. The minimum Gasteiger partial charge on any atom is -0.365 e. The molecule has 0 radical (unpaired) electrons. The van der Waals surface area contributed by atoms with Gasteiger partial charge in [0.1, 0.15) is 5.56 Å². The highest BCUT2D eigenvalue weighted by Gasteiger charge is 2.30. The molecule has 1 aliphatic rings. The maximum absolute atomic E-state index is 12.7. The first-order valence-electron chi connectivity index (χ1n) is 10.3. The first-order valence-corrected chi connectivity index (χ1v) is 10.3. The Balaban J connectivity index is 0.000000416. The first-order chi connectivity index (χ1) is 15.3. The topological polar surface area (TPSA) is 90.9 Å². The van der Waals surface area contributed by atoms with E-state index in [2.05, 4.69) is 10.1 Å². The number of aromatic nitrogens is 3. The molecule has 168 valence electrons. The number of benzene rings is 1. The summed E-state index contributed by atoms with van der Waals surface area (Å²) >= 11 is 0. The molecule has 32 heavy (non-hydrogen) atoms. The third-order valence-corrected chi connectivity index (χ3v) is 5.08. The number of nitrogens with two attached hydrogens (primary N) is 1. The van der Waals surface area contributed by atoms with E-state index in [0.717, 1.165) is 22.9 Å². The number of amides is 1. The molecule has 0 atom stereocenters. The summed E-state index contributed by atoms with van der Waals surface area (Å²) in [7, 11) is 0. The van der Waals surface area contributed by atoms with Crippen LogP contribution in [0.5, 0.6) is 0 Å². The van der Waals surface area contributed by atoms with Crippen LogP contribution in [0, 0.1) is 0 Å². The van der Waals surface area contributed by atoms with E-state index in [1.54, 1.807) is 12.1 Å². The Hall–Kier alpha value is -3.49. The molecule has 0 saturated heterocycles. The van der Waals surface area contributed by atoms with Crippen LogP contribution in [0.2, 0.25) is 0 Å². The zero-order chi connectivity index (χ0) is 23.1. The van der Waals surface area contributed by atoms with Crippen molar-refractivity contribution in [2.45, 2.75) is 44.7 Å². The predicted molar refractivity (Wildman–Crippen MR) is 114 cm³/mol. The molecule has 2 N–H and O–H groups in total. The minimum absolute atomic E-state index is 0.121. The number of primary amides is 1. The minimum atomic E-state index is -4.47. The van der Waals surface area contributed by atoms with Gasteiger partial charge in [0.15, 0.2) is 0 Å². The van der Waals surface area contributed by atoms with Crippen LogP contribution in [0.1, 0.15) is 54.4 Å². The van der Waals surface area contributed by atoms with Crippen molar-refractivity contribution in [3.63, 3.8) is 0 Å². The lowest BCUT2D eigenvalue weighted by atomic mass is 10.0. The Kier molecular flexibility index (Phi) is 7.40. The standard InChI is InChI=1S/C17H11F3N4O2.C6H12/c18-17(19,20)11-5-3-10(4-6-11)14-8-13(15(21)25)16(26)24(23-14)12-2-1-7-22-9-12;1-2-4-6-5-3-1/h1-9H,(H2,21,25);1-6H2. The fourth-order valence-electron chi connectivity index (χ4n) is 3.36. The Labute approximate surface area is 182 Å². The number of alkyl halides is 3. The van der Waals surface area contributed by atoms with E-state index in [4.69, 9.17) is 5.73 Å². The molecule has 1 aliphatic carbocycles. The predicted octanol–water partition coefficient (Wildman–Crippen LogP) is 4.75.